The molecule has 2 aromatic heterocycles. The smallest absolute Gasteiger partial charge is 0.158 e. The number of halogens is 1. The van der Waals surface area contributed by atoms with E-state index < -0.39 is 0 Å². The second-order valence-electron chi connectivity index (χ2n) is 2.71. The third-order valence-corrected chi connectivity index (χ3v) is 2.21. The maximum absolute atomic E-state index is 5.84. The van der Waals surface area contributed by atoms with Crippen LogP contribution >= 0.6 is 11.6 Å². The van der Waals surface area contributed by atoms with Crippen LogP contribution in [0.25, 0.3) is 0 Å². The van der Waals surface area contributed by atoms with Crippen molar-refractivity contribution < 1.29 is 4.52 Å². The molecule has 13 heavy (non-hydrogen) atoms. The molecule has 0 unspecified atom stereocenters. The van der Waals surface area contributed by atoms with Crippen LogP contribution in [0.3, 0.4) is 0 Å². The molecule has 4 nitrogen and oxygen atoms in total. The van der Waals surface area contributed by atoms with E-state index in [4.69, 9.17) is 16.1 Å². The lowest BCUT2D eigenvalue weighted by Crippen LogP contribution is -2.02. The van der Waals surface area contributed by atoms with Crippen LogP contribution in [0.2, 0.25) is 5.02 Å². The molecule has 0 atom stereocenters. The summed E-state index contributed by atoms with van der Waals surface area (Å²) in [7, 11) is 0. The molecule has 5 heteroatoms. The van der Waals surface area contributed by atoms with Gasteiger partial charge in [0.25, 0.3) is 0 Å². The summed E-state index contributed by atoms with van der Waals surface area (Å²) < 4.78 is 6.71. The maximum atomic E-state index is 5.84. The highest BCUT2D eigenvalue weighted by molar-refractivity contribution is 6.31. The van der Waals surface area contributed by atoms with Crippen molar-refractivity contribution in [2.24, 2.45) is 0 Å². The van der Waals surface area contributed by atoms with Crippen LogP contribution in [0.1, 0.15) is 11.5 Å². The van der Waals surface area contributed by atoms with E-state index in [1.165, 1.54) is 0 Å². The fourth-order valence-electron chi connectivity index (χ4n) is 1.05. The van der Waals surface area contributed by atoms with Gasteiger partial charge < -0.3 is 4.52 Å². The molecule has 0 fully saturated rings. The average Bonchev–Trinajstić information content (AvgIpc) is 2.71. The van der Waals surface area contributed by atoms with Gasteiger partial charge in [-0.15, -0.1) is 0 Å². The van der Waals surface area contributed by atoms with Gasteiger partial charge in [-0.2, -0.15) is 5.10 Å². The highest BCUT2D eigenvalue weighted by atomic mass is 35.5. The number of nitrogens with zero attached hydrogens (tertiary/aromatic N) is 3. The molecular weight excluding hydrogens is 190 g/mol. The van der Waals surface area contributed by atoms with Crippen molar-refractivity contribution in [2.45, 2.75) is 13.5 Å². The van der Waals surface area contributed by atoms with E-state index in [-0.39, 0.29) is 0 Å². The zero-order chi connectivity index (χ0) is 9.26. The SMILES string of the molecule is Cc1c(Cl)cnn1Cc1ccno1. The van der Waals surface area contributed by atoms with E-state index in [9.17, 15) is 0 Å². The Labute approximate surface area is 80.1 Å². The summed E-state index contributed by atoms with van der Waals surface area (Å²) in [5, 5.41) is 8.36. The van der Waals surface area contributed by atoms with Gasteiger partial charge in [-0.25, -0.2) is 0 Å². The molecule has 0 aliphatic heterocycles. The van der Waals surface area contributed by atoms with Gasteiger partial charge in [0, 0.05) is 6.07 Å². The van der Waals surface area contributed by atoms with Crippen molar-refractivity contribution in [1.82, 2.24) is 14.9 Å². The Kier molecular flexibility index (Phi) is 2.06. The van der Waals surface area contributed by atoms with E-state index >= 15 is 0 Å². The standard InChI is InChI=1S/C8H8ClN3O/c1-6-8(9)4-10-12(6)5-7-2-3-11-13-7/h2-4H,5H2,1H3. The topological polar surface area (TPSA) is 43.9 Å². The van der Waals surface area contributed by atoms with Crippen molar-refractivity contribution in [3.05, 3.63) is 34.9 Å². The van der Waals surface area contributed by atoms with Gasteiger partial charge in [-0.05, 0) is 6.92 Å². The molecule has 2 heterocycles. The molecule has 0 amide bonds. The normalized spacial score (nSPS) is 10.6. The van der Waals surface area contributed by atoms with Crippen molar-refractivity contribution in [3.8, 4) is 0 Å². The minimum Gasteiger partial charge on any atom is -0.359 e. The van der Waals surface area contributed by atoms with E-state index in [0.717, 1.165) is 11.5 Å². The number of aromatic nitrogens is 3. The fraction of sp³-hybridized carbons (Fsp3) is 0.250. The van der Waals surface area contributed by atoms with Gasteiger partial charge in [-0.1, -0.05) is 16.8 Å². The first kappa shape index (κ1) is 8.31. The van der Waals surface area contributed by atoms with Crippen LogP contribution in [-0.2, 0) is 6.54 Å². The molecule has 0 spiro atoms. The third-order valence-electron chi connectivity index (χ3n) is 1.84. The molecule has 0 N–H and O–H groups in total. The molecule has 2 aromatic rings. The van der Waals surface area contributed by atoms with Gasteiger partial charge in [0.2, 0.25) is 0 Å². The third kappa shape index (κ3) is 1.58. The Balaban J connectivity index is 2.24. The zero-order valence-electron chi connectivity index (χ0n) is 7.07. The maximum Gasteiger partial charge on any atom is 0.158 e. The summed E-state index contributed by atoms with van der Waals surface area (Å²) in [5.41, 5.74) is 0.929. The summed E-state index contributed by atoms with van der Waals surface area (Å²) in [6, 6.07) is 1.80. The Morgan fingerprint density at radius 2 is 2.46 bits per heavy atom. The van der Waals surface area contributed by atoms with Gasteiger partial charge >= 0.3 is 0 Å². The molecule has 0 saturated heterocycles. The fourth-order valence-corrected chi connectivity index (χ4v) is 1.20. The van der Waals surface area contributed by atoms with Crippen molar-refractivity contribution >= 4 is 11.6 Å². The summed E-state index contributed by atoms with van der Waals surface area (Å²) in [6.45, 7) is 2.48. The molecular formula is C8H8ClN3O. The molecule has 0 aliphatic rings. The lowest BCUT2D eigenvalue weighted by molar-refractivity contribution is 0.370. The first-order chi connectivity index (χ1) is 6.27. The number of hydrogen-bond acceptors (Lipinski definition) is 3. The van der Waals surface area contributed by atoms with Crippen molar-refractivity contribution in [3.63, 3.8) is 0 Å². The second kappa shape index (κ2) is 3.22. The van der Waals surface area contributed by atoms with E-state index in [2.05, 4.69) is 10.3 Å². The van der Waals surface area contributed by atoms with Crippen LogP contribution in [-0.4, -0.2) is 14.9 Å². The number of hydrogen-bond donors (Lipinski definition) is 0. The highest BCUT2D eigenvalue weighted by Gasteiger charge is 2.05. The van der Waals surface area contributed by atoms with Gasteiger partial charge in [0.1, 0.15) is 6.54 Å². The summed E-state index contributed by atoms with van der Waals surface area (Å²) >= 11 is 5.84. The minimum absolute atomic E-state index is 0.568. The van der Waals surface area contributed by atoms with Crippen LogP contribution in [0.4, 0.5) is 0 Å². The van der Waals surface area contributed by atoms with Crippen molar-refractivity contribution in [2.75, 3.05) is 0 Å². The summed E-state index contributed by atoms with van der Waals surface area (Å²) in [5.74, 6) is 0.767. The Morgan fingerprint density at radius 3 is 3.00 bits per heavy atom. The van der Waals surface area contributed by atoms with Crippen LogP contribution in [0.15, 0.2) is 23.0 Å². The monoisotopic (exact) mass is 197 g/mol. The Morgan fingerprint density at radius 1 is 1.62 bits per heavy atom. The molecule has 0 aromatic carbocycles. The minimum atomic E-state index is 0.568. The van der Waals surface area contributed by atoms with Gasteiger partial charge in [0.15, 0.2) is 5.76 Å². The Hall–Kier alpha value is -1.29. The molecule has 2 rings (SSSR count). The van der Waals surface area contributed by atoms with Crippen LogP contribution in [0, 0.1) is 6.92 Å². The quantitative estimate of drug-likeness (QED) is 0.739. The van der Waals surface area contributed by atoms with Crippen LogP contribution < -0.4 is 0 Å². The zero-order valence-corrected chi connectivity index (χ0v) is 7.82. The van der Waals surface area contributed by atoms with Crippen LogP contribution in [0.5, 0.6) is 0 Å². The average molecular weight is 198 g/mol. The Bertz CT molecular complexity index is 393. The largest absolute Gasteiger partial charge is 0.359 e. The number of rotatable bonds is 2. The first-order valence-electron chi connectivity index (χ1n) is 3.85. The summed E-state index contributed by atoms with van der Waals surface area (Å²) in [4.78, 5) is 0. The van der Waals surface area contributed by atoms with E-state index in [1.54, 1.807) is 23.1 Å². The molecule has 0 saturated carbocycles. The predicted molar refractivity (Wildman–Crippen MR) is 47.6 cm³/mol. The van der Waals surface area contributed by atoms with E-state index in [1.807, 2.05) is 6.92 Å². The molecule has 68 valence electrons. The lowest BCUT2D eigenvalue weighted by atomic mass is 10.4. The van der Waals surface area contributed by atoms with E-state index in [0.29, 0.717) is 11.6 Å². The second-order valence-corrected chi connectivity index (χ2v) is 3.12. The van der Waals surface area contributed by atoms with Gasteiger partial charge in [0.05, 0.1) is 23.1 Å². The van der Waals surface area contributed by atoms with Crippen molar-refractivity contribution in [1.29, 1.82) is 0 Å². The molecule has 0 radical (unpaired) electrons. The molecule has 0 bridgehead atoms. The van der Waals surface area contributed by atoms with Gasteiger partial charge in [-0.3, -0.25) is 4.68 Å². The highest BCUT2D eigenvalue weighted by Crippen LogP contribution is 2.14. The lowest BCUT2D eigenvalue weighted by Gasteiger charge is -1.99. The molecule has 0 aliphatic carbocycles. The predicted octanol–water partition coefficient (Wildman–Crippen LogP) is 1.88. The summed E-state index contributed by atoms with van der Waals surface area (Å²) in [6.07, 6.45) is 3.23. The first-order valence-corrected chi connectivity index (χ1v) is 4.22.